The van der Waals surface area contributed by atoms with Crippen molar-refractivity contribution in [3.63, 3.8) is 0 Å². The van der Waals surface area contributed by atoms with E-state index in [0.29, 0.717) is 36.5 Å². The normalized spacial score (nSPS) is 14.8. The summed E-state index contributed by atoms with van der Waals surface area (Å²) in [7, 11) is 0. The summed E-state index contributed by atoms with van der Waals surface area (Å²) in [4.78, 5) is 19.7. The smallest absolute Gasteiger partial charge is 0.384 e. The highest BCUT2D eigenvalue weighted by molar-refractivity contribution is 5.89. The lowest BCUT2D eigenvalue weighted by Gasteiger charge is -2.22. The van der Waals surface area contributed by atoms with Crippen LogP contribution in [0, 0.1) is 24.7 Å². The second-order valence-corrected chi connectivity index (χ2v) is 5.11. The minimum absolute atomic E-state index is 0.306. The van der Waals surface area contributed by atoms with E-state index in [0.717, 1.165) is 25.9 Å². The summed E-state index contributed by atoms with van der Waals surface area (Å²) >= 11 is 0. The van der Waals surface area contributed by atoms with Crippen LogP contribution in [0.5, 0.6) is 5.88 Å². The summed E-state index contributed by atoms with van der Waals surface area (Å²) in [6, 6.07) is 1.65. The highest BCUT2D eigenvalue weighted by Crippen LogP contribution is 2.15. The molecule has 1 saturated heterocycles. The van der Waals surface area contributed by atoms with Gasteiger partial charge in [0.1, 0.15) is 11.5 Å². The van der Waals surface area contributed by atoms with Gasteiger partial charge in [-0.3, -0.25) is 0 Å². The summed E-state index contributed by atoms with van der Waals surface area (Å²) in [6.07, 6.45) is 2.22. The molecule has 2 rings (SSSR count). The summed E-state index contributed by atoms with van der Waals surface area (Å²) in [5.41, 5.74) is 0.459. The van der Waals surface area contributed by atoms with Gasteiger partial charge in [-0.1, -0.05) is 0 Å². The predicted octanol–water partition coefficient (Wildman–Crippen LogP) is 1.08. The van der Waals surface area contributed by atoms with Crippen LogP contribution in [0.25, 0.3) is 0 Å². The first-order valence-corrected chi connectivity index (χ1v) is 7.55. The molecule has 22 heavy (non-hydrogen) atoms. The molecule has 6 heteroatoms. The van der Waals surface area contributed by atoms with E-state index in [1.807, 2.05) is 0 Å². The quantitative estimate of drug-likeness (QED) is 0.663. The number of ether oxygens (including phenoxy) is 2. The molecule has 1 aromatic heterocycles. The minimum Gasteiger partial charge on any atom is -0.477 e. The molecule has 1 aromatic rings. The Balaban J connectivity index is 1.98. The molecule has 0 unspecified atom stereocenters. The van der Waals surface area contributed by atoms with Gasteiger partial charge in [-0.25, -0.2) is 9.78 Å². The molecule has 0 saturated carbocycles. The van der Waals surface area contributed by atoms with Crippen molar-refractivity contribution in [2.45, 2.75) is 26.7 Å². The molecule has 0 bridgehead atoms. The fourth-order valence-corrected chi connectivity index (χ4v) is 2.21. The Morgan fingerprint density at radius 2 is 2.18 bits per heavy atom. The summed E-state index contributed by atoms with van der Waals surface area (Å²) in [5, 5.41) is 3.33. The van der Waals surface area contributed by atoms with Crippen LogP contribution < -0.4 is 10.1 Å². The topological polar surface area (TPSA) is 73.3 Å². The van der Waals surface area contributed by atoms with Crippen LogP contribution in [-0.2, 0) is 9.53 Å². The number of rotatable bonds is 4. The van der Waals surface area contributed by atoms with Crippen LogP contribution in [0.4, 0.5) is 0 Å². The maximum atomic E-state index is 11.2. The average Bonchev–Trinajstić information content (AvgIpc) is 2.52. The third kappa shape index (κ3) is 5.34. The van der Waals surface area contributed by atoms with Crippen molar-refractivity contribution in [1.82, 2.24) is 15.3 Å². The van der Waals surface area contributed by atoms with E-state index >= 15 is 0 Å². The molecule has 6 nitrogen and oxygen atoms in total. The van der Waals surface area contributed by atoms with Gasteiger partial charge in [0.25, 0.3) is 0 Å². The van der Waals surface area contributed by atoms with Crippen molar-refractivity contribution in [3.8, 4) is 17.7 Å². The van der Waals surface area contributed by atoms with Crippen molar-refractivity contribution in [2.24, 2.45) is 5.92 Å². The maximum Gasteiger partial charge on any atom is 0.384 e. The Morgan fingerprint density at radius 1 is 1.41 bits per heavy atom. The van der Waals surface area contributed by atoms with E-state index in [1.165, 1.54) is 0 Å². The Morgan fingerprint density at radius 3 is 2.91 bits per heavy atom. The molecule has 0 atom stereocenters. The largest absolute Gasteiger partial charge is 0.477 e. The van der Waals surface area contributed by atoms with Gasteiger partial charge >= 0.3 is 5.97 Å². The van der Waals surface area contributed by atoms with E-state index in [2.05, 4.69) is 27.1 Å². The van der Waals surface area contributed by atoms with Crippen LogP contribution in [0.15, 0.2) is 6.07 Å². The molecule has 0 aliphatic carbocycles. The molecule has 118 valence electrons. The molecule has 0 amide bonds. The summed E-state index contributed by atoms with van der Waals surface area (Å²) < 4.78 is 10.5. The SMILES string of the molecule is CCOC(=O)C#Cc1cc(OCC2CCNCC2)nc(C)n1. The predicted molar refractivity (Wildman–Crippen MR) is 81.4 cm³/mol. The number of aromatic nitrogens is 2. The maximum absolute atomic E-state index is 11.2. The van der Waals surface area contributed by atoms with Crippen LogP contribution in [-0.4, -0.2) is 42.2 Å². The number of esters is 1. The molecule has 0 radical (unpaired) electrons. The molecule has 0 aromatic carbocycles. The Labute approximate surface area is 130 Å². The van der Waals surface area contributed by atoms with Gasteiger partial charge in [-0.2, -0.15) is 4.98 Å². The van der Waals surface area contributed by atoms with Crippen molar-refractivity contribution in [2.75, 3.05) is 26.3 Å². The Bertz CT molecular complexity index is 572. The van der Waals surface area contributed by atoms with E-state index < -0.39 is 5.97 Å². The monoisotopic (exact) mass is 303 g/mol. The van der Waals surface area contributed by atoms with Crippen LogP contribution in [0.3, 0.4) is 0 Å². The number of carbonyl (C=O) groups is 1. The highest BCUT2D eigenvalue weighted by Gasteiger charge is 2.14. The van der Waals surface area contributed by atoms with Gasteiger partial charge in [0.15, 0.2) is 0 Å². The number of aryl methyl sites for hydroxylation is 1. The minimum atomic E-state index is -0.559. The van der Waals surface area contributed by atoms with E-state index in [1.54, 1.807) is 19.9 Å². The van der Waals surface area contributed by atoms with Crippen LogP contribution in [0.2, 0.25) is 0 Å². The van der Waals surface area contributed by atoms with Gasteiger partial charge in [-0.15, -0.1) is 0 Å². The lowest BCUT2D eigenvalue weighted by Crippen LogP contribution is -2.30. The van der Waals surface area contributed by atoms with Gasteiger partial charge < -0.3 is 14.8 Å². The first kappa shape index (κ1) is 16.2. The van der Waals surface area contributed by atoms with Crippen LogP contribution >= 0.6 is 0 Å². The van der Waals surface area contributed by atoms with Crippen LogP contribution in [0.1, 0.15) is 31.3 Å². The number of carbonyl (C=O) groups excluding carboxylic acids is 1. The van der Waals surface area contributed by atoms with E-state index in [9.17, 15) is 4.79 Å². The third-order valence-corrected chi connectivity index (χ3v) is 3.31. The number of hydrogen-bond acceptors (Lipinski definition) is 6. The highest BCUT2D eigenvalue weighted by atomic mass is 16.5. The van der Waals surface area contributed by atoms with Gasteiger partial charge in [0, 0.05) is 12.0 Å². The first-order chi connectivity index (χ1) is 10.7. The Kier molecular flexibility index (Phi) is 6.16. The fourth-order valence-electron chi connectivity index (χ4n) is 2.21. The number of piperidine rings is 1. The standard InChI is InChI=1S/C16H21N3O3/c1-3-21-16(20)5-4-14-10-15(19-12(2)18-14)22-11-13-6-8-17-9-7-13/h10,13,17H,3,6-9,11H2,1-2H3. The van der Waals surface area contributed by atoms with Gasteiger partial charge in [0.2, 0.25) is 5.88 Å². The molecule has 0 spiro atoms. The van der Waals surface area contributed by atoms with Crippen molar-refractivity contribution < 1.29 is 14.3 Å². The first-order valence-electron chi connectivity index (χ1n) is 7.55. The molecule has 1 fully saturated rings. The molecule has 1 aliphatic heterocycles. The van der Waals surface area contributed by atoms with Gasteiger partial charge in [-0.05, 0) is 51.6 Å². The third-order valence-electron chi connectivity index (χ3n) is 3.31. The van der Waals surface area contributed by atoms with E-state index in [-0.39, 0.29) is 0 Å². The molecule has 2 heterocycles. The zero-order chi connectivity index (χ0) is 15.8. The zero-order valence-corrected chi connectivity index (χ0v) is 13.0. The second kappa shape index (κ2) is 8.35. The lowest BCUT2D eigenvalue weighted by molar-refractivity contribution is -0.136. The number of nitrogens with zero attached hydrogens (tertiary/aromatic N) is 2. The lowest BCUT2D eigenvalue weighted by atomic mass is 9.99. The summed E-state index contributed by atoms with van der Waals surface area (Å²) in [5.74, 6) is 6.13. The molecular weight excluding hydrogens is 282 g/mol. The number of nitrogens with one attached hydrogen (secondary N) is 1. The summed E-state index contributed by atoms with van der Waals surface area (Å²) in [6.45, 7) is 6.53. The van der Waals surface area contributed by atoms with E-state index in [4.69, 9.17) is 9.47 Å². The van der Waals surface area contributed by atoms with Crippen molar-refractivity contribution >= 4 is 5.97 Å². The molecular formula is C16H21N3O3. The fraction of sp³-hybridized carbons (Fsp3) is 0.562. The van der Waals surface area contributed by atoms with Crippen molar-refractivity contribution in [1.29, 1.82) is 0 Å². The Hall–Kier alpha value is -2.13. The zero-order valence-electron chi connectivity index (χ0n) is 13.0. The second-order valence-electron chi connectivity index (χ2n) is 5.11. The van der Waals surface area contributed by atoms with Gasteiger partial charge in [0.05, 0.1) is 13.2 Å². The van der Waals surface area contributed by atoms with Crippen molar-refractivity contribution in [3.05, 3.63) is 17.6 Å². The average molecular weight is 303 g/mol. The number of hydrogen-bond donors (Lipinski definition) is 1. The molecule has 1 aliphatic rings. The molecule has 1 N–H and O–H groups in total.